The van der Waals surface area contributed by atoms with Gasteiger partial charge in [0.25, 0.3) is 0 Å². The van der Waals surface area contributed by atoms with Gasteiger partial charge in [0.15, 0.2) is 0 Å². The Labute approximate surface area is 130 Å². The minimum absolute atomic E-state index is 1.10. The van der Waals surface area contributed by atoms with Crippen LogP contribution in [0.3, 0.4) is 0 Å². The maximum absolute atomic E-state index is 2.64. The first-order valence-electron chi connectivity index (χ1n) is 8.62. The van der Waals surface area contributed by atoms with Gasteiger partial charge in [0.2, 0.25) is 0 Å². The first-order chi connectivity index (χ1) is 9.17. The molecule has 114 valence electrons. The Kier molecular flexibility index (Phi) is 14.3. The van der Waals surface area contributed by atoms with Crippen LogP contribution in [0.2, 0.25) is 13.0 Å². The van der Waals surface area contributed by atoms with Gasteiger partial charge in [-0.05, 0) is 0 Å². The molecular weight excluding hydrogens is 335 g/mol. The Bertz CT molecular complexity index is 184. The molecule has 0 aliphatic rings. The molecule has 0 aromatic heterocycles. The van der Waals surface area contributed by atoms with Crippen LogP contribution in [-0.2, 0) is 0 Å². The van der Waals surface area contributed by atoms with Crippen molar-refractivity contribution >= 4 is 21.4 Å². The zero-order valence-electron chi connectivity index (χ0n) is 14.2. The molecule has 0 radical (unpaired) electrons. The van der Waals surface area contributed by atoms with E-state index in [0.29, 0.717) is 0 Å². The molecule has 0 amide bonds. The molecule has 0 saturated carbocycles. The summed E-state index contributed by atoms with van der Waals surface area (Å²) in [6.07, 6.45) is 4.23. The summed E-state index contributed by atoms with van der Waals surface area (Å²) in [6, 6.07) is 0. The first-order valence-corrected chi connectivity index (χ1v) is 16.6. The molecule has 0 fully saturated rings. The van der Waals surface area contributed by atoms with Crippen LogP contribution in [0.5, 0.6) is 0 Å². The quantitative estimate of drug-likeness (QED) is 0.483. The summed E-state index contributed by atoms with van der Waals surface area (Å²) in [5, 5.41) is 0. The van der Waals surface area contributed by atoms with Gasteiger partial charge in [-0.25, -0.2) is 0 Å². The molecule has 0 aromatic carbocycles. The van der Waals surface area contributed by atoms with Gasteiger partial charge in [0, 0.05) is 0 Å². The van der Waals surface area contributed by atoms with Gasteiger partial charge >= 0.3 is 130 Å². The van der Waals surface area contributed by atoms with E-state index in [-0.39, 0.29) is 0 Å². The Morgan fingerprint density at radius 1 is 0.684 bits per heavy atom. The fourth-order valence-corrected chi connectivity index (χ4v) is 8.60. The number of nitrogens with zero attached hydrogens (tertiary/aromatic N) is 2. The Hall–Kier alpha value is 0.790. The van der Waals surface area contributed by atoms with Gasteiger partial charge < -0.3 is 0 Å². The van der Waals surface area contributed by atoms with Crippen molar-refractivity contribution in [3.8, 4) is 0 Å². The van der Waals surface area contributed by atoms with Crippen LogP contribution in [0.25, 0.3) is 0 Å². The summed E-state index contributed by atoms with van der Waals surface area (Å²) < 4.78 is 5.86. The second-order valence-electron chi connectivity index (χ2n) is 5.85. The van der Waals surface area contributed by atoms with Crippen molar-refractivity contribution < 1.29 is 0 Å². The first kappa shape index (κ1) is 19.8. The second kappa shape index (κ2) is 13.8. The summed E-state index contributed by atoms with van der Waals surface area (Å²) in [4.78, 5) is 5.19. The van der Waals surface area contributed by atoms with E-state index in [1.165, 1.54) is 58.5 Å². The van der Waals surface area contributed by atoms with Gasteiger partial charge in [-0.3, -0.25) is 0 Å². The third-order valence-electron chi connectivity index (χ3n) is 4.22. The summed E-state index contributed by atoms with van der Waals surface area (Å²) in [6.45, 7) is 16.8. The van der Waals surface area contributed by atoms with Crippen LogP contribution in [-0.4, -0.2) is 70.5 Å². The van der Waals surface area contributed by atoms with Crippen molar-refractivity contribution in [2.75, 3.05) is 39.3 Å². The molecule has 0 rings (SSSR count). The van der Waals surface area contributed by atoms with Crippen LogP contribution in [0.4, 0.5) is 0 Å². The normalized spacial score (nSPS) is 11.5. The van der Waals surface area contributed by atoms with Crippen LogP contribution in [0, 0.1) is 0 Å². The van der Waals surface area contributed by atoms with E-state index < -0.39 is 21.4 Å². The SMILES string of the molecule is CCCN(CC)CC[CH2][In]([CH3])[CH2]CCN(CC)CC. The summed E-state index contributed by atoms with van der Waals surface area (Å²) in [7, 11) is 0. The average molecular weight is 372 g/mol. The Morgan fingerprint density at radius 2 is 1.16 bits per heavy atom. The molecule has 0 aliphatic heterocycles. The third kappa shape index (κ3) is 11.2. The van der Waals surface area contributed by atoms with Crippen LogP contribution >= 0.6 is 0 Å². The average Bonchev–Trinajstić information content (AvgIpc) is 2.42. The zero-order valence-corrected chi connectivity index (χ0v) is 17.5. The maximum atomic E-state index is 2.64. The van der Waals surface area contributed by atoms with Crippen molar-refractivity contribution in [1.82, 2.24) is 9.80 Å². The third-order valence-corrected chi connectivity index (χ3v) is 12.2. The fourth-order valence-electron chi connectivity index (χ4n) is 2.76. The van der Waals surface area contributed by atoms with E-state index in [9.17, 15) is 0 Å². The van der Waals surface area contributed by atoms with Gasteiger partial charge in [-0.15, -0.1) is 0 Å². The number of hydrogen-bond donors (Lipinski definition) is 0. The summed E-state index contributed by atoms with van der Waals surface area (Å²) in [5.74, 6) is 0. The molecular formula is C16H37InN2. The minimum atomic E-state index is -1.10. The van der Waals surface area contributed by atoms with Gasteiger partial charge in [-0.1, -0.05) is 0 Å². The van der Waals surface area contributed by atoms with E-state index in [0.717, 1.165) is 0 Å². The van der Waals surface area contributed by atoms with E-state index in [2.05, 4.69) is 42.2 Å². The van der Waals surface area contributed by atoms with E-state index >= 15 is 0 Å². The fraction of sp³-hybridized carbons (Fsp3) is 1.00. The molecule has 3 heteroatoms. The van der Waals surface area contributed by atoms with Crippen LogP contribution < -0.4 is 0 Å². The molecule has 0 N–H and O–H groups in total. The standard InChI is InChI=1S/C8H18N.C7H16N.CH3.In/c1-4-7-9(6-3)8-5-2;1-4-7-8(5-2)6-3;;/h1,4-8H2,2-3H3;1,4-7H2,2-3H3;1H3;. The topological polar surface area (TPSA) is 6.48 Å². The molecule has 0 atom stereocenters. The van der Waals surface area contributed by atoms with Gasteiger partial charge in [-0.2, -0.15) is 0 Å². The van der Waals surface area contributed by atoms with Gasteiger partial charge in [0.05, 0.1) is 0 Å². The van der Waals surface area contributed by atoms with Crippen molar-refractivity contribution in [2.24, 2.45) is 0 Å². The van der Waals surface area contributed by atoms with Gasteiger partial charge in [0.1, 0.15) is 0 Å². The van der Waals surface area contributed by atoms with Crippen molar-refractivity contribution in [3.05, 3.63) is 0 Å². The van der Waals surface area contributed by atoms with E-state index in [1.807, 2.05) is 0 Å². The van der Waals surface area contributed by atoms with Crippen molar-refractivity contribution in [3.63, 3.8) is 0 Å². The molecule has 0 spiro atoms. The number of hydrogen-bond acceptors (Lipinski definition) is 2. The molecule has 0 aromatic rings. The molecule has 0 aliphatic carbocycles. The van der Waals surface area contributed by atoms with Crippen LogP contribution in [0.15, 0.2) is 0 Å². The van der Waals surface area contributed by atoms with E-state index in [4.69, 9.17) is 0 Å². The molecule has 2 nitrogen and oxygen atoms in total. The monoisotopic (exact) mass is 372 g/mol. The summed E-state index contributed by atoms with van der Waals surface area (Å²) >= 11 is -1.10. The second-order valence-corrected chi connectivity index (χ2v) is 15.5. The Morgan fingerprint density at radius 3 is 1.58 bits per heavy atom. The molecule has 0 unspecified atom stereocenters. The number of rotatable bonds is 13. The molecule has 0 saturated heterocycles. The van der Waals surface area contributed by atoms with Crippen molar-refractivity contribution in [1.29, 1.82) is 0 Å². The summed E-state index contributed by atoms with van der Waals surface area (Å²) in [5.41, 5.74) is 0. The predicted octanol–water partition coefficient (Wildman–Crippen LogP) is 3.96. The molecule has 19 heavy (non-hydrogen) atoms. The predicted molar refractivity (Wildman–Crippen MR) is 90.7 cm³/mol. The Balaban J connectivity index is 3.55. The van der Waals surface area contributed by atoms with Crippen LogP contribution in [0.1, 0.15) is 47.0 Å². The molecule has 0 heterocycles. The zero-order chi connectivity index (χ0) is 14.5. The van der Waals surface area contributed by atoms with E-state index in [1.54, 1.807) is 8.35 Å². The molecule has 0 bridgehead atoms. The van der Waals surface area contributed by atoms with Crippen molar-refractivity contribution in [2.45, 2.75) is 60.0 Å².